The van der Waals surface area contributed by atoms with Crippen LogP contribution < -0.4 is 4.74 Å². The Kier molecular flexibility index (Phi) is 9.91. The van der Waals surface area contributed by atoms with E-state index >= 15 is 0 Å². The van der Waals surface area contributed by atoms with E-state index in [1.165, 1.54) is 0 Å². The highest BCUT2D eigenvalue weighted by Crippen LogP contribution is 2.14. The zero-order valence-corrected chi connectivity index (χ0v) is 14.5. The molecule has 0 heterocycles. The van der Waals surface area contributed by atoms with Gasteiger partial charge in [-0.15, -0.1) is 0 Å². The predicted molar refractivity (Wildman–Crippen MR) is 93.8 cm³/mol. The summed E-state index contributed by atoms with van der Waals surface area (Å²) in [6.07, 6.45) is 3.07. The summed E-state index contributed by atoms with van der Waals surface area (Å²) in [5.74, 6) is -0.978. The normalized spacial score (nSPS) is 9.69. The molecule has 0 spiro atoms. The molecule has 0 unspecified atom stereocenters. The van der Waals surface area contributed by atoms with Gasteiger partial charge in [-0.05, 0) is 18.2 Å². The minimum atomic E-state index is -0.513. The highest BCUT2D eigenvalue weighted by molar-refractivity contribution is 5.89. The topological polar surface area (TPSA) is 88.1 Å². The zero-order chi connectivity index (χ0) is 19.2. The summed E-state index contributed by atoms with van der Waals surface area (Å²) in [4.78, 5) is 33.7. The number of hydrogen-bond donors (Lipinski definition) is 0. The van der Waals surface area contributed by atoms with Crippen molar-refractivity contribution in [1.82, 2.24) is 0 Å². The Bertz CT molecular complexity index is 637. The first-order valence-electron chi connectivity index (χ1n) is 8.05. The van der Waals surface area contributed by atoms with E-state index in [0.717, 1.165) is 12.2 Å². The molecule has 7 heteroatoms. The molecule has 0 fully saturated rings. The van der Waals surface area contributed by atoms with Gasteiger partial charge in [0.1, 0.15) is 5.75 Å². The molecule has 0 aliphatic heterocycles. The van der Waals surface area contributed by atoms with Crippen LogP contribution in [0.4, 0.5) is 0 Å². The average Bonchev–Trinajstić information content (AvgIpc) is 2.67. The molecule has 1 aromatic rings. The number of esters is 3. The van der Waals surface area contributed by atoms with Crippen molar-refractivity contribution < 1.29 is 33.3 Å². The Morgan fingerprint density at radius 3 is 2.04 bits per heavy atom. The smallest absolute Gasteiger partial charge is 0.338 e. The Labute approximate surface area is 152 Å². The Morgan fingerprint density at radius 1 is 0.846 bits per heavy atom. The fraction of sp³-hybridized carbons (Fsp3) is 0.316. The number of carbonyl (C=O) groups excluding carboxylic acids is 3. The minimum Gasteiger partial charge on any atom is -0.493 e. The highest BCUT2D eigenvalue weighted by atomic mass is 16.5. The van der Waals surface area contributed by atoms with Gasteiger partial charge < -0.3 is 18.9 Å². The summed E-state index contributed by atoms with van der Waals surface area (Å²) in [5, 5.41) is 0. The molecule has 1 rings (SSSR count). The molecule has 0 aliphatic rings. The first-order chi connectivity index (χ1) is 12.6. The summed E-state index contributed by atoms with van der Waals surface area (Å²) in [5.41, 5.74) is 0.351. The van der Waals surface area contributed by atoms with Gasteiger partial charge >= 0.3 is 17.9 Å². The number of rotatable bonds is 12. The van der Waals surface area contributed by atoms with E-state index in [0.29, 0.717) is 30.8 Å². The molecule has 140 valence electrons. The van der Waals surface area contributed by atoms with E-state index in [1.807, 2.05) is 0 Å². The van der Waals surface area contributed by atoms with Crippen LogP contribution in [0.25, 0.3) is 0 Å². The van der Waals surface area contributed by atoms with Crippen molar-refractivity contribution in [2.24, 2.45) is 0 Å². The van der Waals surface area contributed by atoms with Crippen LogP contribution in [0.5, 0.6) is 5.75 Å². The molecule has 0 radical (unpaired) electrons. The van der Waals surface area contributed by atoms with Crippen molar-refractivity contribution in [3.63, 3.8) is 0 Å². The van der Waals surface area contributed by atoms with Crippen molar-refractivity contribution in [2.45, 2.75) is 12.8 Å². The van der Waals surface area contributed by atoms with Crippen molar-refractivity contribution in [3.05, 3.63) is 55.1 Å². The molecular weight excluding hydrogens is 340 g/mol. The molecule has 0 saturated heterocycles. The summed E-state index contributed by atoms with van der Waals surface area (Å²) in [7, 11) is 0. The van der Waals surface area contributed by atoms with Crippen molar-refractivity contribution in [2.75, 3.05) is 26.4 Å². The van der Waals surface area contributed by atoms with E-state index in [-0.39, 0.29) is 19.8 Å². The van der Waals surface area contributed by atoms with E-state index < -0.39 is 17.9 Å². The molecule has 0 aliphatic carbocycles. The van der Waals surface area contributed by atoms with Crippen LogP contribution in [0.15, 0.2) is 49.6 Å². The Hall–Kier alpha value is -3.09. The second-order valence-electron chi connectivity index (χ2n) is 4.96. The van der Waals surface area contributed by atoms with E-state index in [2.05, 4.69) is 13.2 Å². The lowest BCUT2D eigenvalue weighted by molar-refractivity contribution is -0.138. The van der Waals surface area contributed by atoms with E-state index in [4.69, 9.17) is 18.9 Å². The molecule has 0 bridgehead atoms. The standard InChI is InChI=1S/C19H22O7/c1-3-17(20)24-11-6-10-23-16-9-5-8-15(14-16)19(22)26-13-7-12-25-18(21)4-2/h3-5,8-9,14H,1-2,6-7,10-13H2. The van der Waals surface area contributed by atoms with Crippen LogP contribution in [0.3, 0.4) is 0 Å². The predicted octanol–water partition coefficient (Wildman–Crippen LogP) is 2.46. The van der Waals surface area contributed by atoms with E-state index in [1.54, 1.807) is 24.3 Å². The molecule has 0 N–H and O–H groups in total. The third kappa shape index (κ3) is 8.68. The van der Waals surface area contributed by atoms with Crippen LogP contribution in [0.1, 0.15) is 23.2 Å². The molecule has 0 atom stereocenters. The van der Waals surface area contributed by atoms with Gasteiger partial charge in [-0.1, -0.05) is 19.2 Å². The number of hydrogen-bond acceptors (Lipinski definition) is 7. The zero-order valence-electron chi connectivity index (χ0n) is 14.5. The lowest BCUT2D eigenvalue weighted by atomic mass is 10.2. The number of ether oxygens (including phenoxy) is 4. The molecular formula is C19H22O7. The van der Waals surface area contributed by atoms with Crippen LogP contribution in [-0.2, 0) is 23.8 Å². The van der Waals surface area contributed by atoms with Gasteiger partial charge in [-0.3, -0.25) is 0 Å². The second kappa shape index (κ2) is 12.3. The minimum absolute atomic E-state index is 0.128. The van der Waals surface area contributed by atoms with Crippen LogP contribution in [0, 0.1) is 0 Å². The number of carbonyl (C=O) groups is 3. The molecule has 0 amide bonds. The first kappa shape index (κ1) is 21.0. The number of benzene rings is 1. The summed E-state index contributed by atoms with van der Waals surface area (Å²) >= 11 is 0. The van der Waals surface area contributed by atoms with Crippen molar-refractivity contribution >= 4 is 17.9 Å². The molecule has 0 saturated carbocycles. The highest BCUT2D eigenvalue weighted by Gasteiger charge is 2.08. The third-order valence-corrected chi connectivity index (χ3v) is 2.97. The summed E-state index contributed by atoms with van der Waals surface area (Å²) in [6, 6.07) is 6.56. The lowest BCUT2D eigenvalue weighted by Gasteiger charge is -2.09. The molecule has 0 aromatic heterocycles. The third-order valence-electron chi connectivity index (χ3n) is 2.97. The fourth-order valence-electron chi connectivity index (χ4n) is 1.73. The van der Waals surface area contributed by atoms with Gasteiger partial charge in [0.2, 0.25) is 0 Å². The van der Waals surface area contributed by atoms with Crippen LogP contribution in [0.2, 0.25) is 0 Å². The van der Waals surface area contributed by atoms with E-state index in [9.17, 15) is 14.4 Å². The lowest BCUT2D eigenvalue weighted by Crippen LogP contribution is -2.10. The van der Waals surface area contributed by atoms with Gasteiger partial charge in [0.15, 0.2) is 0 Å². The fourth-order valence-corrected chi connectivity index (χ4v) is 1.73. The molecule has 26 heavy (non-hydrogen) atoms. The van der Waals surface area contributed by atoms with Gasteiger partial charge in [-0.25, -0.2) is 14.4 Å². The maximum Gasteiger partial charge on any atom is 0.338 e. The van der Waals surface area contributed by atoms with Gasteiger partial charge in [0, 0.05) is 25.0 Å². The maximum atomic E-state index is 12.0. The van der Waals surface area contributed by atoms with Crippen LogP contribution >= 0.6 is 0 Å². The van der Waals surface area contributed by atoms with Gasteiger partial charge in [-0.2, -0.15) is 0 Å². The second-order valence-corrected chi connectivity index (χ2v) is 4.96. The SMILES string of the molecule is C=CC(=O)OCCCOC(=O)c1cccc(OCCCOC(=O)C=C)c1. The molecule has 1 aromatic carbocycles. The van der Waals surface area contributed by atoms with Gasteiger partial charge in [0.05, 0.1) is 32.0 Å². The quantitative estimate of drug-likeness (QED) is 0.244. The van der Waals surface area contributed by atoms with Crippen LogP contribution in [-0.4, -0.2) is 44.3 Å². The largest absolute Gasteiger partial charge is 0.493 e. The monoisotopic (exact) mass is 362 g/mol. The van der Waals surface area contributed by atoms with Crippen molar-refractivity contribution in [3.8, 4) is 5.75 Å². The van der Waals surface area contributed by atoms with Gasteiger partial charge in [0.25, 0.3) is 0 Å². The Morgan fingerprint density at radius 2 is 1.42 bits per heavy atom. The average molecular weight is 362 g/mol. The molecule has 7 nitrogen and oxygen atoms in total. The first-order valence-corrected chi connectivity index (χ1v) is 8.05. The summed E-state index contributed by atoms with van der Waals surface area (Å²) in [6.45, 7) is 7.42. The Balaban J connectivity index is 2.30. The summed E-state index contributed by atoms with van der Waals surface area (Å²) < 4.78 is 20.2. The van der Waals surface area contributed by atoms with Crippen molar-refractivity contribution in [1.29, 1.82) is 0 Å². The maximum absolute atomic E-state index is 12.0.